The van der Waals surface area contributed by atoms with E-state index in [-0.39, 0.29) is 24.4 Å². The smallest absolute Gasteiger partial charge is 0.417 e. The lowest BCUT2D eigenvalue weighted by Crippen LogP contribution is -2.53. The number of allylic oxidation sites excluding steroid dienone is 2. The summed E-state index contributed by atoms with van der Waals surface area (Å²) in [6.07, 6.45) is -2.33. The Morgan fingerprint density at radius 3 is 2.28 bits per heavy atom. The van der Waals surface area contributed by atoms with E-state index in [0.29, 0.717) is 49.7 Å². The zero-order chi connectivity index (χ0) is 38.4. The summed E-state index contributed by atoms with van der Waals surface area (Å²) in [5.74, 6) is -7.76. The van der Waals surface area contributed by atoms with Crippen LogP contribution in [-0.4, -0.2) is 38.7 Å². The maximum Gasteiger partial charge on any atom is 0.417 e. The molecule has 3 heterocycles. The highest BCUT2D eigenvalue weighted by atomic mass is 35.5. The van der Waals surface area contributed by atoms with Crippen molar-refractivity contribution in [3.63, 3.8) is 0 Å². The molecule has 2 N–H and O–H groups in total. The number of aryl methyl sites for hydroxylation is 1. The van der Waals surface area contributed by atoms with Gasteiger partial charge in [0.2, 0.25) is 11.8 Å². The largest absolute Gasteiger partial charge is 0.508 e. The van der Waals surface area contributed by atoms with Gasteiger partial charge < -0.3 is 5.11 Å². The number of hydrogen-bond donors (Lipinski definition) is 2. The molecular weight excluding hydrogens is 768 g/mol. The molecule has 8 rings (SSSR count). The van der Waals surface area contributed by atoms with Crippen molar-refractivity contribution in [3.8, 4) is 5.75 Å². The number of carbonyl (C=O) groups excluding carboxylic acids is 4. The quantitative estimate of drug-likeness (QED) is 0.154. The summed E-state index contributed by atoms with van der Waals surface area (Å²) in [7, 11) is 0. The molecular formula is C39H28Cl3F3N4O5. The van der Waals surface area contributed by atoms with Crippen LogP contribution in [0.25, 0.3) is 0 Å². The van der Waals surface area contributed by atoms with Gasteiger partial charge in [0.25, 0.3) is 11.8 Å². The van der Waals surface area contributed by atoms with E-state index in [9.17, 15) is 32.7 Å². The summed E-state index contributed by atoms with van der Waals surface area (Å²) >= 11 is 18.9. The average molecular weight is 796 g/mol. The van der Waals surface area contributed by atoms with Crippen LogP contribution >= 0.6 is 34.8 Å². The lowest BCUT2D eigenvalue weighted by Gasteiger charge is -2.50. The van der Waals surface area contributed by atoms with E-state index in [4.69, 9.17) is 34.8 Å². The molecule has 9 nitrogen and oxygen atoms in total. The molecule has 2 aliphatic heterocycles. The molecule has 0 bridgehead atoms. The molecule has 4 aliphatic rings. The number of carbonyl (C=O) groups is 4. The van der Waals surface area contributed by atoms with Gasteiger partial charge in [0.1, 0.15) is 5.75 Å². The van der Waals surface area contributed by atoms with E-state index in [1.165, 1.54) is 6.07 Å². The number of alkyl halides is 3. The second-order valence-electron chi connectivity index (χ2n) is 13.9. The molecule has 3 aromatic carbocycles. The van der Waals surface area contributed by atoms with Gasteiger partial charge in [0.05, 0.1) is 39.4 Å². The first-order valence-electron chi connectivity index (χ1n) is 16.9. The Morgan fingerprint density at radius 1 is 0.889 bits per heavy atom. The Kier molecular flexibility index (Phi) is 8.59. The fraction of sp³-hybridized carbons (Fsp3) is 0.256. The van der Waals surface area contributed by atoms with Gasteiger partial charge >= 0.3 is 6.18 Å². The number of aromatic nitrogens is 1. The Hall–Kier alpha value is -4.91. The second kappa shape index (κ2) is 12.9. The molecule has 3 fully saturated rings. The number of hydrazine groups is 1. The highest BCUT2D eigenvalue weighted by Gasteiger charge is 2.70. The summed E-state index contributed by atoms with van der Waals surface area (Å²) in [6.45, 7) is 1.80. The molecule has 4 aromatic rings. The number of anilines is 2. The number of nitrogens with one attached hydrogen (secondary N) is 1. The summed E-state index contributed by atoms with van der Waals surface area (Å²) in [6, 6.07) is 18.2. The first kappa shape index (κ1) is 36.1. The molecule has 4 amide bonds. The van der Waals surface area contributed by atoms with Crippen LogP contribution < -0.4 is 10.3 Å². The lowest BCUT2D eigenvalue weighted by molar-refractivity contribution is -0.139. The van der Waals surface area contributed by atoms with Gasteiger partial charge in [-0.3, -0.25) is 24.6 Å². The van der Waals surface area contributed by atoms with Crippen LogP contribution in [0.1, 0.15) is 41.0 Å². The van der Waals surface area contributed by atoms with E-state index < -0.39 is 75.4 Å². The van der Waals surface area contributed by atoms with E-state index >= 15 is 4.79 Å². The standard InChI is InChI=1S/C39H28Cl3F3N4O5/c1-18-6-11-22(15-28(18)41)48-34(51)25-13-12-23-26(31(25)36(48)53)16-27-35(52)49(47-33-29(42)14-20(17-46-33)39(43,44)45)37(54)38(27,19-7-9-21(40)10-8-19)32(23)24-4-2-3-5-30(24)50/h2-12,14-15,17,25-27,31-32,50H,13,16H2,1H3,(H,46,47). The maximum absolute atomic E-state index is 15.2. The van der Waals surface area contributed by atoms with Gasteiger partial charge in [0, 0.05) is 27.7 Å². The Labute approximate surface area is 321 Å². The number of para-hydroxylation sites is 1. The number of rotatable bonds is 5. The average Bonchev–Trinajstić information content (AvgIpc) is 3.51. The predicted molar refractivity (Wildman–Crippen MR) is 194 cm³/mol. The van der Waals surface area contributed by atoms with Crippen LogP contribution in [0.2, 0.25) is 15.1 Å². The first-order valence-corrected chi connectivity index (χ1v) is 18.0. The van der Waals surface area contributed by atoms with E-state index in [0.717, 1.165) is 10.5 Å². The molecule has 276 valence electrons. The minimum absolute atomic E-state index is 0.0713. The highest BCUT2D eigenvalue weighted by molar-refractivity contribution is 6.33. The van der Waals surface area contributed by atoms with Crippen molar-refractivity contribution in [3.05, 3.63) is 128 Å². The molecule has 1 saturated carbocycles. The van der Waals surface area contributed by atoms with Crippen molar-refractivity contribution in [1.82, 2.24) is 9.99 Å². The van der Waals surface area contributed by atoms with E-state index in [1.54, 1.807) is 67.6 Å². The van der Waals surface area contributed by atoms with Crippen LogP contribution in [0.15, 0.2) is 90.6 Å². The minimum Gasteiger partial charge on any atom is -0.508 e. The number of halogens is 6. The number of aromatic hydroxyl groups is 1. The molecule has 2 aliphatic carbocycles. The Morgan fingerprint density at radius 2 is 1.61 bits per heavy atom. The number of imide groups is 2. The third kappa shape index (κ3) is 5.32. The monoisotopic (exact) mass is 794 g/mol. The second-order valence-corrected chi connectivity index (χ2v) is 15.2. The Balaban J connectivity index is 1.30. The Bertz CT molecular complexity index is 2320. The molecule has 15 heteroatoms. The summed E-state index contributed by atoms with van der Waals surface area (Å²) in [5.41, 5.74) is 1.99. The van der Waals surface area contributed by atoms with Crippen molar-refractivity contribution in [1.29, 1.82) is 0 Å². The number of benzene rings is 3. The first-order chi connectivity index (χ1) is 25.6. The highest BCUT2D eigenvalue weighted by Crippen LogP contribution is 2.65. The van der Waals surface area contributed by atoms with Crippen LogP contribution in [-0.2, 0) is 30.8 Å². The predicted octanol–water partition coefficient (Wildman–Crippen LogP) is 8.26. The number of hydrogen-bond acceptors (Lipinski definition) is 7. The zero-order valence-electron chi connectivity index (χ0n) is 28.1. The molecule has 0 radical (unpaired) electrons. The van der Waals surface area contributed by atoms with Crippen LogP contribution in [0, 0.1) is 30.6 Å². The third-order valence-corrected chi connectivity index (χ3v) is 12.2. The normalized spacial score (nSPS) is 26.4. The number of pyridine rings is 1. The zero-order valence-corrected chi connectivity index (χ0v) is 30.3. The van der Waals surface area contributed by atoms with Gasteiger partial charge in [-0.1, -0.05) is 82.9 Å². The number of phenols is 1. The van der Waals surface area contributed by atoms with Gasteiger partial charge in [-0.2, -0.15) is 18.2 Å². The third-order valence-electron chi connectivity index (χ3n) is 11.2. The maximum atomic E-state index is 15.2. The van der Waals surface area contributed by atoms with Crippen LogP contribution in [0.5, 0.6) is 5.75 Å². The van der Waals surface area contributed by atoms with E-state index in [2.05, 4.69) is 10.4 Å². The molecule has 6 unspecified atom stereocenters. The van der Waals surface area contributed by atoms with Crippen molar-refractivity contribution < 1.29 is 37.5 Å². The summed E-state index contributed by atoms with van der Waals surface area (Å²) < 4.78 is 40.4. The summed E-state index contributed by atoms with van der Waals surface area (Å²) in [5, 5.41) is 12.4. The number of fused-ring (bicyclic) bond motifs is 4. The fourth-order valence-corrected chi connectivity index (χ4v) is 9.34. The molecule has 1 aromatic heterocycles. The van der Waals surface area contributed by atoms with Gasteiger partial charge in [-0.05, 0) is 73.2 Å². The lowest BCUT2D eigenvalue weighted by atomic mass is 9.49. The van der Waals surface area contributed by atoms with Crippen LogP contribution in [0.4, 0.5) is 24.7 Å². The van der Waals surface area contributed by atoms with Crippen LogP contribution in [0.3, 0.4) is 0 Å². The van der Waals surface area contributed by atoms with Gasteiger partial charge in [-0.15, -0.1) is 0 Å². The minimum atomic E-state index is -4.75. The number of phenolic OH excluding ortho intramolecular Hbond substituents is 1. The van der Waals surface area contributed by atoms with Gasteiger partial charge in [0.15, 0.2) is 5.82 Å². The van der Waals surface area contributed by atoms with Gasteiger partial charge in [-0.25, -0.2) is 9.88 Å². The molecule has 6 atom stereocenters. The van der Waals surface area contributed by atoms with Crippen molar-refractivity contribution >= 4 is 69.9 Å². The topological polar surface area (TPSA) is 120 Å². The molecule has 2 saturated heterocycles. The van der Waals surface area contributed by atoms with Crippen molar-refractivity contribution in [2.45, 2.75) is 37.3 Å². The molecule has 54 heavy (non-hydrogen) atoms. The fourth-order valence-electron chi connectivity index (χ4n) is 8.83. The summed E-state index contributed by atoms with van der Waals surface area (Å²) in [4.78, 5) is 63.4. The SMILES string of the molecule is Cc1ccc(N2C(=O)C3CC=C4C(CC5C(=O)N(Nc6ncc(C(F)(F)F)cc6Cl)C(=O)C5(c5ccc(Cl)cc5)C4c4ccccc4O)C3C2=O)cc1Cl. The molecule has 0 spiro atoms. The van der Waals surface area contributed by atoms with Crippen molar-refractivity contribution in [2.75, 3.05) is 10.3 Å². The number of amides is 4. The van der Waals surface area contributed by atoms with E-state index in [1.807, 2.05) is 6.08 Å². The van der Waals surface area contributed by atoms with Crippen molar-refractivity contribution in [2.24, 2.45) is 23.7 Å². The number of nitrogens with zero attached hydrogens (tertiary/aromatic N) is 3.